The second-order valence-electron chi connectivity index (χ2n) is 10.6. The van der Waals surface area contributed by atoms with Crippen molar-refractivity contribution in [2.75, 3.05) is 0 Å². The summed E-state index contributed by atoms with van der Waals surface area (Å²) in [5, 5.41) is 0. The molecule has 1 rings (SSSR count). The Morgan fingerprint density at radius 3 is 1.18 bits per heavy atom. The Bertz CT molecular complexity index is 459. The van der Waals surface area contributed by atoms with Gasteiger partial charge in [-0.1, -0.05) is 69.2 Å². The van der Waals surface area contributed by atoms with E-state index in [-0.39, 0.29) is 21.7 Å². The molecule has 2 heteroatoms. The van der Waals surface area contributed by atoms with Gasteiger partial charge in [0.15, 0.2) is 0 Å². The van der Waals surface area contributed by atoms with E-state index in [9.17, 15) is 4.21 Å². The topological polar surface area (TPSA) is 17.1 Å². The Morgan fingerprint density at radius 2 is 0.955 bits per heavy atom. The fraction of sp³-hybridized carbons (Fsp3) is 0.800. The average Bonchev–Trinajstić information content (AvgIpc) is 2.52. The lowest BCUT2D eigenvalue weighted by Gasteiger charge is -2.36. The molecule has 0 aromatic carbocycles. The van der Waals surface area contributed by atoms with Crippen LogP contribution in [-0.2, 0) is 10.8 Å². The molecule has 1 aliphatic rings. The zero-order chi connectivity index (χ0) is 17.6. The van der Waals surface area contributed by atoms with Crippen LogP contribution < -0.4 is 0 Å². The largest absolute Gasteiger partial charge is 0.250 e. The molecule has 1 nitrogen and oxygen atoms in total. The molecule has 0 aromatic heterocycles. The molecule has 0 bridgehead atoms. The Kier molecular flexibility index (Phi) is 5.30. The highest BCUT2D eigenvalue weighted by molar-refractivity contribution is 7.93. The van der Waals surface area contributed by atoms with Crippen LogP contribution in [0.5, 0.6) is 0 Å². The average molecular weight is 325 g/mol. The third-order valence-electron chi connectivity index (χ3n) is 4.06. The molecule has 0 saturated heterocycles. The lowest BCUT2D eigenvalue weighted by Crippen LogP contribution is -2.28. The fourth-order valence-electron chi connectivity index (χ4n) is 4.17. The summed E-state index contributed by atoms with van der Waals surface area (Å²) in [5.74, 6) is 0. The van der Waals surface area contributed by atoms with Crippen molar-refractivity contribution in [2.45, 2.75) is 82.1 Å². The minimum Gasteiger partial charge on any atom is -0.250 e. The number of rotatable bonds is 4. The highest BCUT2D eigenvalue weighted by atomic mass is 32.2. The van der Waals surface area contributed by atoms with E-state index >= 15 is 0 Å². The van der Waals surface area contributed by atoms with Crippen LogP contribution in [0.1, 0.15) is 82.1 Å². The normalized spacial score (nSPS) is 18.5. The van der Waals surface area contributed by atoms with Crippen molar-refractivity contribution >= 4 is 10.8 Å². The van der Waals surface area contributed by atoms with Gasteiger partial charge < -0.3 is 0 Å². The van der Waals surface area contributed by atoms with Crippen molar-refractivity contribution in [3.8, 4) is 0 Å². The first kappa shape index (κ1) is 19.7. The SMILES string of the molecule is CC(C)(C)CC(C)(C)C1=CC=C(C(C)(C)CC(C)(C)C)S1=O. The highest BCUT2D eigenvalue weighted by Gasteiger charge is 2.40. The summed E-state index contributed by atoms with van der Waals surface area (Å²) in [5.41, 5.74) is 0.411. The van der Waals surface area contributed by atoms with Gasteiger partial charge in [-0.2, -0.15) is 0 Å². The van der Waals surface area contributed by atoms with E-state index in [0.717, 1.165) is 22.7 Å². The van der Waals surface area contributed by atoms with Gasteiger partial charge in [0, 0.05) is 9.81 Å². The summed E-state index contributed by atoms with van der Waals surface area (Å²) in [4.78, 5) is 2.19. The van der Waals surface area contributed by atoms with Crippen molar-refractivity contribution in [3.63, 3.8) is 0 Å². The van der Waals surface area contributed by atoms with Crippen LogP contribution >= 0.6 is 0 Å². The van der Waals surface area contributed by atoms with Crippen molar-refractivity contribution in [1.29, 1.82) is 0 Å². The molecule has 0 aliphatic carbocycles. The van der Waals surface area contributed by atoms with E-state index in [2.05, 4.69) is 81.4 Å². The lowest BCUT2D eigenvalue weighted by atomic mass is 9.75. The highest BCUT2D eigenvalue weighted by Crippen LogP contribution is 2.49. The van der Waals surface area contributed by atoms with E-state index < -0.39 is 10.8 Å². The first-order chi connectivity index (χ1) is 9.55. The maximum absolute atomic E-state index is 13.1. The molecular formula is C20H36OS. The lowest BCUT2D eigenvalue weighted by molar-refractivity contribution is 0.255. The second-order valence-corrected chi connectivity index (χ2v) is 12.0. The first-order valence-electron chi connectivity index (χ1n) is 8.40. The van der Waals surface area contributed by atoms with Crippen molar-refractivity contribution in [3.05, 3.63) is 22.0 Å². The van der Waals surface area contributed by atoms with Crippen LogP contribution in [0.25, 0.3) is 0 Å². The van der Waals surface area contributed by atoms with Crippen LogP contribution in [0.15, 0.2) is 22.0 Å². The van der Waals surface area contributed by atoms with E-state index in [4.69, 9.17) is 0 Å². The molecule has 0 aromatic rings. The van der Waals surface area contributed by atoms with Gasteiger partial charge in [-0.25, -0.2) is 4.21 Å². The van der Waals surface area contributed by atoms with Crippen LogP contribution in [0.4, 0.5) is 0 Å². The monoisotopic (exact) mass is 324 g/mol. The van der Waals surface area contributed by atoms with Crippen molar-refractivity contribution in [1.82, 2.24) is 0 Å². The second kappa shape index (κ2) is 5.92. The van der Waals surface area contributed by atoms with Gasteiger partial charge in [0.25, 0.3) is 0 Å². The van der Waals surface area contributed by atoms with Gasteiger partial charge in [-0.3, -0.25) is 0 Å². The van der Waals surface area contributed by atoms with Gasteiger partial charge in [0.05, 0.1) is 10.8 Å². The van der Waals surface area contributed by atoms with Crippen LogP contribution in [0, 0.1) is 21.7 Å². The Morgan fingerprint density at radius 1 is 0.682 bits per heavy atom. The summed E-state index contributed by atoms with van der Waals surface area (Å²) in [6.07, 6.45) is 6.33. The third kappa shape index (κ3) is 5.08. The van der Waals surface area contributed by atoms with Crippen molar-refractivity contribution in [2.24, 2.45) is 21.7 Å². The van der Waals surface area contributed by atoms with E-state index in [1.54, 1.807) is 0 Å². The molecule has 0 unspecified atom stereocenters. The van der Waals surface area contributed by atoms with Crippen LogP contribution in [0.3, 0.4) is 0 Å². The summed E-state index contributed by atoms with van der Waals surface area (Å²) in [6, 6.07) is 0. The molecule has 1 aliphatic heterocycles. The molecule has 0 radical (unpaired) electrons. The van der Waals surface area contributed by atoms with Crippen LogP contribution in [0.2, 0.25) is 0 Å². The Hall–Kier alpha value is -0.370. The molecule has 128 valence electrons. The quantitative estimate of drug-likeness (QED) is 0.581. The summed E-state index contributed by atoms with van der Waals surface area (Å²) < 4.78 is 13.1. The molecule has 22 heavy (non-hydrogen) atoms. The minimum atomic E-state index is -0.984. The molecule has 0 N–H and O–H groups in total. The summed E-state index contributed by atoms with van der Waals surface area (Å²) >= 11 is 0. The van der Waals surface area contributed by atoms with Gasteiger partial charge >= 0.3 is 0 Å². The summed E-state index contributed by atoms with van der Waals surface area (Å²) in [7, 11) is -0.984. The predicted octanol–water partition coefficient (Wildman–Crippen LogP) is 6.44. The van der Waals surface area contributed by atoms with E-state index in [1.165, 1.54) is 0 Å². The van der Waals surface area contributed by atoms with E-state index in [1.807, 2.05) is 0 Å². The van der Waals surface area contributed by atoms with Crippen LogP contribution in [-0.4, -0.2) is 4.21 Å². The van der Waals surface area contributed by atoms with Gasteiger partial charge in [-0.05, 0) is 46.7 Å². The zero-order valence-corrected chi connectivity index (χ0v) is 17.2. The Balaban J connectivity index is 2.97. The maximum Gasteiger partial charge on any atom is 0.0778 e. The van der Waals surface area contributed by atoms with Gasteiger partial charge in [-0.15, -0.1) is 0 Å². The molecule has 0 amide bonds. The smallest absolute Gasteiger partial charge is 0.0778 e. The third-order valence-corrected chi connectivity index (χ3v) is 6.24. The zero-order valence-electron chi connectivity index (χ0n) is 16.4. The molecule has 0 saturated carbocycles. The number of hydrogen-bond donors (Lipinski definition) is 0. The van der Waals surface area contributed by atoms with E-state index in [0.29, 0.717) is 0 Å². The molecule has 0 fully saturated rings. The first-order valence-corrected chi connectivity index (χ1v) is 9.55. The molecular weight excluding hydrogens is 288 g/mol. The molecule has 0 spiro atoms. The maximum atomic E-state index is 13.1. The molecule has 0 atom stereocenters. The predicted molar refractivity (Wildman–Crippen MR) is 100 cm³/mol. The standard InChI is InChI=1S/C20H36OS/c1-17(2,3)13-19(7,8)15-11-12-16(22(15)21)20(9,10)14-18(4,5)6/h11-12H,13-14H2,1-10H3. The number of allylic oxidation sites excluding steroid dienone is 4. The van der Waals surface area contributed by atoms with Gasteiger partial charge in [0.1, 0.15) is 0 Å². The van der Waals surface area contributed by atoms with Gasteiger partial charge in [0.2, 0.25) is 0 Å². The minimum absolute atomic E-state index is 0.0286. The molecule has 1 heterocycles. The van der Waals surface area contributed by atoms with Crippen molar-refractivity contribution < 1.29 is 4.21 Å². The number of hydrogen-bond acceptors (Lipinski definition) is 1. The Labute approximate surface area is 141 Å². The fourth-order valence-corrected chi connectivity index (χ4v) is 5.94. The summed E-state index contributed by atoms with van der Waals surface area (Å²) in [6.45, 7) is 22.5.